The molecular weight excluding hydrogens is 330 g/mol. The molecule has 2 atom stereocenters. The molecule has 0 bridgehead atoms. The van der Waals surface area contributed by atoms with E-state index in [4.69, 9.17) is 16.3 Å². The minimum Gasteiger partial charge on any atom is -0.457 e. The van der Waals surface area contributed by atoms with E-state index in [9.17, 15) is 14.9 Å². The molecule has 0 aliphatic rings. The summed E-state index contributed by atoms with van der Waals surface area (Å²) in [5.41, 5.74) is 1.34. The highest BCUT2D eigenvalue weighted by Crippen LogP contribution is 2.19. The van der Waals surface area contributed by atoms with Crippen molar-refractivity contribution in [1.29, 1.82) is 0 Å². The molecule has 0 saturated carbocycles. The lowest BCUT2D eigenvalue weighted by atomic mass is 9.96. The molecule has 2 rings (SSSR count). The Bertz CT molecular complexity index is 688. The molecule has 2 aromatic rings. The number of nitro benzene ring substituents is 1. The number of non-ortho nitro benzene ring substituents is 1. The number of hydrogen-bond donors (Lipinski definition) is 0. The molecule has 0 spiro atoms. The van der Waals surface area contributed by atoms with E-state index in [1.54, 1.807) is 0 Å². The molecule has 0 heterocycles. The first-order valence-electron chi connectivity index (χ1n) is 7.56. The van der Waals surface area contributed by atoms with E-state index in [1.807, 2.05) is 37.3 Å². The average Bonchev–Trinajstić information content (AvgIpc) is 2.60. The van der Waals surface area contributed by atoms with E-state index in [0.29, 0.717) is 0 Å². The predicted octanol–water partition coefficient (Wildman–Crippen LogP) is 4.24. The van der Waals surface area contributed by atoms with Crippen molar-refractivity contribution in [3.63, 3.8) is 0 Å². The van der Waals surface area contributed by atoms with Gasteiger partial charge >= 0.3 is 5.97 Å². The van der Waals surface area contributed by atoms with Crippen molar-refractivity contribution >= 4 is 23.3 Å². The number of rotatable bonds is 7. The van der Waals surface area contributed by atoms with Gasteiger partial charge in [0.25, 0.3) is 5.69 Å². The van der Waals surface area contributed by atoms with Crippen molar-refractivity contribution in [2.75, 3.05) is 5.88 Å². The van der Waals surface area contributed by atoms with Crippen LogP contribution in [0.4, 0.5) is 5.69 Å². The number of alkyl halides is 1. The summed E-state index contributed by atoms with van der Waals surface area (Å²) in [7, 11) is 0. The van der Waals surface area contributed by atoms with Crippen LogP contribution in [0.15, 0.2) is 54.6 Å². The molecule has 5 nitrogen and oxygen atoms in total. The molecule has 0 aromatic heterocycles. The number of carbonyl (C=O) groups is 1. The van der Waals surface area contributed by atoms with Gasteiger partial charge in [-0.1, -0.05) is 37.3 Å². The summed E-state index contributed by atoms with van der Waals surface area (Å²) in [6.07, 6.45) is 0.306. The van der Waals surface area contributed by atoms with E-state index in [1.165, 1.54) is 24.3 Å². The Morgan fingerprint density at radius 3 is 2.33 bits per heavy atom. The zero-order valence-corrected chi connectivity index (χ0v) is 14.0. The second kappa shape index (κ2) is 8.45. The summed E-state index contributed by atoms with van der Waals surface area (Å²) in [5, 5.41) is 10.6. The summed E-state index contributed by atoms with van der Waals surface area (Å²) in [5.74, 6) is -0.297. The zero-order chi connectivity index (χ0) is 17.5. The Balaban J connectivity index is 2.00. The minimum absolute atomic E-state index is 0.0481. The SMILES string of the molecule is C[C@@H](Cc1ccccc1)[C@H](CCl)OC(=O)c1ccc([N+](=O)[O-])cc1. The molecule has 0 aliphatic heterocycles. The fraction of sp³-hybridized carbons (Fsp3) is 0.278. The maximum absolute atomic E-state index is 12.2. The van der Waals surface area contributed by atoms with Crippen molar-refractivity contribution in [2.24, 2.45) is 5.92 Å². The fourth-order valence-corrected chi connectivity index (χ4v) is 2.71. The molecule has 6 heteroatoms. The zero-order valence-electron chi connectivity index (χ0n) is 13.2. The van der Waals surface area contributed by atoms with Gasteiger partial charge in [0.05, 0.1) is 16.4 Å². The van der Waals surface area contributed by atoms with Crippen LogP contribution in [0.1, 0.15) is 22.8 Å². The normalized spacial score (nSPS) is 13.1. The molecule has 0 fully saturated rings. The molecule has 0 amide bonds. The highest BCUT2D eigenvalue weighted by molar-refractivity contribution is 6.18. The van der Waals surface area contributed by atoms with Crippen LogP contribution in [-0.4, -0.2) is 22.9 Å². The summed E-state index contributed by atoms with van der Waals surface area (Å²) >= 11 is 5.96. The lowest BCUT2D eigenvalue weighted by molar-refractivity contribution is -0.384. The number of nitro groups is 1. The molecule has 0 radical (unpaired) electrons. The fourth-order valence-electron chi connectivity index (χ4n) is 2.34. The smallest absolute Gasteiger partial charge is 0.338 e. The quantitative estimate of drug-likeness (QED) is 0.325. The van der Waals surface area contributed by atoms with Gasteiger partial charge in [-0.3, -0.25) is 10.1 Å². The van der Waals surface area contributed by atoms with Gasteiger partial charge in [-0.2, -0.15) is 0 Å². The summed E-state index contributed by atoms with van der Waals surface area (Å²) in [6, 6.07) is 15.2. The topological polar surface area (TPSA) is 69.4 Å². The van der Waals surface area contributed by atoms with Gasteiger partial charge in [0.1, 0.15) is 6.10 Å². The van der Waals surface area contributed by atoms with Crippen LogP contribution in [0.25, 0.3) is 0 Å². The number of esters is 1. The molecule has 24 heavy (non-hydrogen) atoms. The van der Waals surface area contributed by atoms with E-state index >= 15 is 0 Å². The third-order valence-electron chi connectivity index (χ3n) is 3.76. The van der Waals surface area contributed by atoms with Crippen LogP contribution in [0.5, 0.6) is 0 Å². The lowest BCUT2D eigenvalue weighted by Crippen LogP contribution is -2.28. The highest BCUT2D eigenvalue weighted by atomic mass is 35.5. The first-order valence-corrected chi connectivity index (χ1v) is 8.10. The third kappa shape index (κ3) is 4.80. The summed E-state index contributed by atoms with van der Waals surface area (Å²) in [6.45, 7) is 1.98. The Hall–Kier alpha value is -2.40. The molecule has 0 saturated heterocycles. The Labute approximate surface area is 145 Å². The Morgan fingerprint density at radius 1 is 1.17 bits per heavy atom. The van der Waals surface area contributed by atoms with Crippen molar-refractivity contribution in [3.8, 4) is 0 Å². The number of nitrogens with zero attached hydrogens (tertiary/aromatic N) is 1. The van der Waals surface area contributed by atoms with Gasteiger partial charge in [0, 0.05) is 12.1 Å². The van der Waals surface area contributed by atoms with Crippen LogP contribution in [0.2, 0.25) is 0 Å². The Morgan fingerprint density at radius 2 is 1.79 bits per heavy atom. The number of ether oxygens (including phenoxy) is 1. The van der Waals surface area contributed by atoms with Crippen molar-refractivity contribution < 1.29 is 14.5 Å². The minimum atomic E-state index is -0.532. The van der Waals surface area contributed by atoms with Gasteiger partial charge in [-0.25, -0.2) is 4.79 Å². The van der Waals surface area contributed by atoms with Gasteiger partial charge in [0.15, 0.2) is 0 Å². The number of halogens is 1. The Kier molecular flexibility index (Phi) is 6.32. The molecule has 2 aromatic carbocycles. The van der Waals surface area contributed by atoms with Crippen LogP contribution in [0.3, 0.4) is 0 Å². The van der Waals surface area contributed by atoms with Crippen molar-refractivity contribution in [3.05, 3.63) is 75.8 Å². The standard InChI is InChI=1S/C18H18ClNO4/c1-13(11-14-5-3-2-4-6-14)17(12-19)24-18(21)15-7-9-16(10-8-15)20(22)23/h2-10,13,17H,11-12H2,1H3/t13-,17-/m0/s1. The van der Waals surface area contributed by atoms with Gasteiger partial charge in [0.2, 0.25) is 0 Å². The second-order valence-corrected chi connectivity index (χ2v) is 5.88. The number of hydrogen-bond acceptors (Lipinski definition) is 4. The van der Waals surface area contributed by atoms with Crippen LogP contribution in [0, 0.1) is 16.0 Å². The van der Waals surface area contributed by atoms with Crippen molar-refractivity contribution in [1.82, 2.24) is 0 Å². The number of benzene rings is 2. The monoisotopic (exact) mass is 347 g/mol. The highest BCUT2D eigenvalue weighted by Gasteiger charge is 2.22. The van der Waals surface area contributed by atoms with Crippen LogP contribution >= 0.6 is 11.6 Å². The third-order valence-corrected chi connectivity index (χ3v) is 4.06. The molecule has 126 valence electrons. The molecule has 0 N–H and O–H groups in total. The van der Waals surface area contributed by atoms with E-state index in [0.717, 1.165) is 12.0 Å². The molecule has 0 unspecified atom stereocenters. The summed E-state index contributed by atoms with van der Waals surface area (Å²) in [4.78, 5) is 22.3. The van der Waals surface area contributed by atoms with Crippen LogP contribution in [-0.2, 0) is 11.2 Å². The first kappa shape index (κ1) is 17.9. The van der Waals surface area contributed by atoms with Gasteiger partial charge in [-0.15, -0.1) is 11.6 Å². The van der Waals surface area contributed by atoms with Crippen LogP contribution < -0.4 is 0 Å². The predicted molar refractivity (Wildman–Crippen MR) is 92.3 cm³/mol. The summed E-state index contributed by atoms with van der Waals surface area (Å²) < 4.78 is 5.48. The maximum Gasteiger partial charge on any atom is 0.338 e. The number of carbonyl (C=O) groups excluding carboxylic acids is 1. The van der Waals surface area contributed by atoms with E-state index in [2.05, 4.69) is 0 Å². The first-order chi connectivity index (χ1) is 11.5. The lowest BCUT2D eigenvalue weighted by Gasteiger charge is -2.22. The van der Waals surface area contributed by atoms with Gasteiger partial charge < -0.3 is 4.74 Å². The van der Waals surface area contributed by atoms with E-state index in [-0.39, 0.29) is 23.0 Å². The molecule has 0 aliphatic carbocycles. The van der Waals surface area contributed by atoms with Gasteiger partial charge in [-0.05, 0) is 30.0 Å². The van der Waals surface area contributed by atoms with E-state index < -0.39 is 17.0 Å². The maximum atomic E-state index is 12.2. The van der Waals surface area contributed by atoms with Crippen molar-refractivity contribution in [2.45, 2.75) is 19.4 Å². The average molecular weight is 348 g/mol. The second-order valence-electron chi connectivity index (χ2n) is 5.57. The largest absolute Gasteiger partial charge is 0.457 e. The molecular formula is C18H18ClNO4.